The van der Waals surface area contributed by atoms with Gasteiger partial charge in [-0.15, -0.1) is 11.8 Å². The zero-order chi connectivity index (χ0) is 14.1. The highest BCUT2D eigenvalue weighted by atomic mass is 79.9. The highest BCUT2D eigenvalue weighted by molar-refractivity contribution is 9.09. The van der Waals surface area contributed by atoms with Crippen molar-refractivity contribution >= 4 is 38.8 Å². The molecule has 3 nitrogen and oxygen atoms in total. The molecule has 0 saturated carbocycles. The van der Waals surface area contributed by atoms with Gasteiger partial charge in [0.25, 0.3) is 0 Å². The number of hydrogen-bond donors (Lipinski definition) is 1. The summed E-state index contributed by atoms with van der Waals surface area (Å²) in [5.41, 5.74) is 3.56. The summed E-state index contributed by atoms with van der Waals surface area (Å²) >= 11 is 5.45. The first kappa shape index (κ1) is 13.5. The Morgan fingerprint density at radius 3 is 2.85 bits per heavy atom. The van der Waals surface area contributed by atoms with Crippen LogP contribution in [0, 0.1) is 0 Å². The van der Waals surface area contributed by atoms with Gasteiger partial charge in [-0.1, -0.05) is 40.2 Å². The van der Waals surface area contributed by atoms with Crippen molar-refractivity contribution in [2.45, 2.75) is 9.72 Å². The number of oxazole rings is 1. The fourth-order valence-electron chi connectivity index (χ4n) is 2.17. The molecule has 2 aromatic carbocycles. The molecule has 0 aliphatic heterocycles. The summed E-state index contributed by atoms with van der Waals surface area (Å²) in [5.74, 6) is -0.423. The second-order valence-electron chi connectivity index (χ2n) is 4.37. The monoisotopic (exact) mass is 349 g/mol. The van der Waals surface area contributed by atoms with Crippen LogP contribution >= 0.6 is 27.7 Å². The molecular weight excluding hydrogens is 338 g/mol. The van der Waals surface area contributed by atoms with Crippen molar-refractivity contribution in [1.82, 2.24) is 4.98 Å². The minimum atomic E-state index is -0.423. The number of nitrogens with one attached hydrogen (secondary N) is 1. The van der Waals surface area contributed by atoms with E-state index in [-0.39, 0.29) is 4.83 Å². The number of thioether (sulfide) groups is 1. The number of benzene rings is 2. The Morgan fingerprint density at radius 1 is 1.25 bits per heavy atom. The lowest BCUT2D eigenvalue weighted by Crippen LogP contribution is -1.94. The molecular formula is C15H12BrNO2S. The van der Waals surface area contributed by atoms with Crippen LogP contribution in [0.2, 0.25) is 0 Å². The van der Waals surface area contributed by atoms with Crippen LogP contribution in [-0.4, -0.2) is 11.2 Å². The Labute approximate surface area is 128 Å². The molecule has 0 aliphatic carbocycles. The zero-order valence-corrected chi connectivity index (χ0v) is 13.1. The minimum Gasteiger partial charge on any atom is -0.408 e. The van der Waals surface area contributed by atoms with Gasteiger partial charge in [-0.3, -0.25) is 4.98 Å². The average molecular weight is 350 g/mol. The minimum absolute atomic E-state index is 0.0655. The van der Waals surface area contributed by atoms with Crippen molar-refractivity contribution in [3.63, 3.8) is 0 Å². The predicted octanol–water partition coefficient (Wildman–Crippen LogP) is 4.33. The molecule has 5 heteroatoms. The molecule has 102 valence electrons. The van der Waals surface area contributed by atoms with Crippen molar-refractivity contribution < 1.29 is 4.42 Å². The highest BCUT2D eigenvalue weighted by Crippen LogP contribution is 2.36. The van der Waals surface area contributed by atoms with Crippen LogP contribution in [0.4, 0.5) is 0 Å². The number of rotatable bonds is 3. The molecule has 20 heavy (non-hydrogen) atoms. The van der Waals surface area contributed by atoms with Gasteiger partial charge in [-0.05, 0) is 35.6 Å². The normalized spacial score (nSPS) is 12.7. The van der Waals surface area contributed by atoms with Gasteiger partial charge in [-0.25, -0.2) is 4.79 Å². The number of aromatic nitrogens is 1. The number of H-pyrrole nitrogens is 1. The van der Waals surface area contributed by atoms with E-state index in [4.69, 9.17) is 4.42 Å². The van der Waals surface area contributed by atoms with Gasteiger partial charge < -0.3 is 4.42 Å². The van der Waals surface area contributed by atoms with Crippen LogP contribution < -0.4 is 5.76 Å². The molecule has 0 amide bonds. The smallest absolute Gasteiger partial charge is 0.408 e. The van der Waals surface area contributed by atoms with Gasteiger partial charge in [0.1, 0.15) is 0 Å². The Hall–Kier alpha value is -1.46. The maximum atomic E-state index is 11.2. The van der Waals surface area contributed by atoms with Crippen LogP contribution in [0.5, 0.6) is 0 Å². The summed E-state index contributed by atoms with van der Waals surface area (Å²) in [6.45, 7) is 0. The van der Waals surface area contributed by atoms with E-state index in [0.717, 1.165) is 11.1 Å². The molecule has 1 heterocycles. The number of fused-ring (bicyclic) bond motifs is 1. The van der Waals surface area contributed by atoms with Gasteiger partial charge >= 0.3 is 5.76 Å². The van der Waals surface area contributed by atoms with Gasteiger partial charge in [-0.2, -0.15) is 0 Å². The van der Waals surface area contributed by atoms with Crippen LogP contribution in [-0.2, 0) is 0 Å². The highest BCUT2D eigenvalue weighted by Gasteiger charge is 2.15. The Bertz CT molecular complexity index is 809. The second kappa shape index (κ2) is 5.50. The average Bonchev–Trinajstić information content (AvgIpc) is 2.85. The molecule has 1 unspecified atom stereocenters. The summed E-state index contributed by atoms with van der Waals surface area (Å²) < 4.78 is 5.11. The second-order valence-corrected chi connectivity index (χ2v) is 6.14. The van der Waals surface area contributed by atoms with E-state index in [9.17, 15) is 4.79 Å². The standard InChI is InChI=1S/C15H12BrNO2S/c1-20-13-5-3-2-4-10(13)14(16)9-6-7-11-12(8-9)19-15(18)17-11/h2-8,14H,1H3,(H,17,18). The van der Waals surface area contributed by atoms with E-state index in [0.29, 0.717) is 5.58 Å². The van der Waals surface area contributed by atoms with Crippen molar-refractivity contribution in [2.24, 2.45) is 0 Å². The number of alkyl halides is 1. The fraction of sp³-hybridized carbons (Fsp3) is 0.133. The number of hydrogen-bond acceptors (Lipinski definition) is 3. The van der Waals surface area contributed by atoms with Crippen LogP contribution in [0.15, 0.2) is 56.6 Å². The molecule has 1 N–H and O–H groups in total. The maximum Gasteiger partial charge on any atom is 0.417 e. The maximum absolute atomic E-state index is 11.2. The van der Waals surface area contributed by atoms with E-state index in [1.165, 1.54) is 10.5 Å². The molecule has 0 bridgehead atoms. The predicted molar refractivity (Wildman–Crippen MR) is 85.8 cm³/mol. The molecule has 0 radical (unpaired) electrons. The first-order valence-electron chi connectivity index (χ1n) is 6.09. The lowest BCUT2D eigenvalue weighted by Gasteiger charge is -2.14. The van der Waals surface area contributed by atoms with E-state index >= 15 is 0 Å². The van der Waals surface area contributed by atoms with E-state index in [1.54, 1.807) is 11.8 Å². The summed E-state index contributed by atoms with van der Waals surface area (Å²) in [6, 6.07) is 14.0. The van der Waals surface area contributed by atoms with E-state index < -0.39 is 5.76 Å². The molecule has 0 aliphatic rings. The molecule has 0 spiro atoms. The molecule has 0 saturated heterocycles. The summed E-state index contributed by atoms with van der Waals surface area (Å²) in [7, 11) is 0. The number of halogens is 1. The molecule has 1 atom stereocenters. The van der Waals surface area contributed by atoms with Gasteiger partial charge in [0, 0.05) is 4.90 Å². The Balaban J connectivity index is 2.07. The Morgan fingerprint density at radius 2 is 2.05 bits per heavy atom. The van der Waals surface area contributed by atoms with Crippen LogP contribution in [0.1, 0.15) is 16.0 Å². The fourth-order valence-corrected chi connectivity index (χ4v) is 3.65. The zero-order valence-electron chi connectivity index (χ0n) is 10.7. The SMILES string of the molecule is CSc1ccccc1C(Br)c1ccc2[nH]c(=O)oc2c1. The van der Waals surface area contributed by atoms with Crippen molar-refractivity contribution in [2.75, 3.05) is 6.26 Å². The summed E-state index contributed by atoms with van der Waals surface area (Å²) in [6.07, 6.45) is 2.06. The van der Waals surface area contributed by atoms with Gasteiger partial charge in [0.2, 0.25) is 0 Å². The third-order valence-electron chi connectivity index (χ3n) is 3.15. The first-order chi connectivity index (χ1) is 9.69. The third kappa shape index (κ3) is 2.43. The molecule has 3 aromatic rings. The Kier molecular flexibility index (Phi) is 3.72. The first-order valence-corrected chi connectivity index (χ1v) is 8.23. The van der Waals surface area contributed by atoms with Crippen molar-refractivity contribution in [1.29, 1.82) is 0 Å². The van der Waals surface area contributed by atoms with E-state index in [1.807, 2.05) is 30.3 Å². The largest absolute Gasteiger partial charge is 0.417 e. The third-order valence-corrected chi connectivity index (χ3v) is 4.98. The molecule has 3 rings (SSSR count). The number of aromatic amines is 1. The topological polar surface area (TPSA) is 46.0 Å². The van der Waals surface area contributed by atoms with E-state index in [2.05, 4.69) is 39.3 Å². The lowest BCUT2D eigenvalue weighted by atomic mass is 10.0. The van der Waals surface area contributed by atoms with Crippen LogP contribution in [0.3, 0.4) is 0 Å². The summed E-state index contributed by atoms with van der Waals surface area (Å²) in [4.78, 5) is 15.1. The van der Waals surface area contributed by atoms with Gasteiger partial charge in [0.05, 0.1) is 10.3 Å². The summed E-state index contributed by atoms with van der Waals surface area (Å²) in [5, 5.41) is 0. The quantitative estimate of drug-likeness (QED) is 0.565. The molecule has 0 fully saturated rings. The molecule has 1 aromatic heterocycles. The lowest BCUT2D eigenvalue weighted by molar-refractivity contribution is 0.555. The van der Waals surface area contributed by atoms with Crippen LogP contribution in [0.25, 0.3) is 11.1 Å². The van der Waals surface area contributed by atoms with Crippen molar-refractivity contribution in [3.8, 4) is 0 Å². The van der Waals surface area contributed by atoms with Gasteiger partial charge in [0.15, 0.2) is 5.58 Å². The van der Waals surface area contributed by atoms with Crippen molar-refractivity contribution in [3.05, 3.63) is 64.1 Å².